The van der Waals surface area contributed by atoms with Crippen LogP contribution in [0.25, 0.3) is 0 Å². The number of hydrogen-bond acceptors (Lipinski definition) is 13. The summed E-state index contributed by atoms with van der Waals surface area (Å²) in [6, 6.07) is 3.09. The number of thiazole rings is 1. The molecule has 1 unspecified atom stereocenters. The molecule has 7 atom stereocenters. The van der Waals surface area contributed by atoms with Gasteiger partial charge in [0.15, 0.2) is 11.9 Å². The van der Waals surface area contributed by atoms with Crippen molar-refractivity contribution in [2.24, 2.45) is 23.7 Å². The maximum Gasteiger partial charge on any atom is 0.306 e. The number of nitrogens with zero attached hydrogens (tertiary/aromatic N) is 4. The van der Waals surface area contributed by atoms with Gasteiger partial charge in [-0.15, -0.1) is 11.3 Å². The van der Waals surface area contributed by atoms with Gasteiger partial charge < -0.3 is 30.5 Å². The van der Waals surface area contributed by atoms with E-state index in [4.69, 9.17) is 4.74 Å². The fourth-order valence-electron chi connectivity index (χ4n) is 8.45. The second kappa shape index (κ2) is 24.2. The number of benzene rings is 1. The van der Waals surface area contributed by atoms with Gasteiger partial charge in [0.2, 0.25) is 11.8 Å². The molecule has 1 saturated heterocycles. The van der Waals surface area contributed by atoms with Crippen LogP contribution in [-0.2, 0) is 44.7 Å². The first-order valence-corrected chi connectivity index (χ1v) is 23.4. The van der Waals surface area contributed by atoms with Crippen LogP contribution in [0.1, 0.15) is 126 Å². The van der Waals surface area contributed by atoms with Crippen LogP contribution in [0, 0.1) is 23.7 Å². The lowest BCUT2D eigenvalue weighted by molar-refractivity contribution is -0.150. The fourth-order valence-corrected chi connectivity index (χ4v) is 9.29. The minimum atomic E-state index is -1.07. The third kappa shape index (κ3) is 14.8. The van der Waals surface area contributed by atoms with Crippen LogP contribution in [0.2, 0.25) is 0 Å². The Labute approximate surface area is 385 Å². The molecule has 65 heavy (non-hydrogen) atoms. The number of phenols is 1. The highest BCUT2D eigenvalue weighted by molar-refractivity contribution is 7.09. The van der Waals surface area contributed by atoms with E-state index in [9.17, 15) is 48.6 Å². The zero-order valence-electron chi connectivity index (χ0n) is 38.8. The van der Waals surface area contributed by atoms with Crippen molar-refractivity contribution in [3.63, 3.8) is 0 Å². The summed E-state index contributed by atoms with van der Waals surface area (Å²) in [5.41, 5.74) is 0.659. The first-order valence-electron chi connectivity index (χ1n) is 22.5. The molecule has 1 aromatic carbocycles. The van der Waals surface area contributed by atoms with Gasteiger partial charge in [0.1, 0.15) is 16.5 Å². The van der Waals surface area contributed by atoms with Crippen molar-refractivity contribution in [2.75, 3.05) is 32.5 Å². The lowest BCUT2D eigenvalue weighted by Crippen LogP contribution is -2.48. The molecule has 18 heteroatoms. The zero-order valence-corrected chi connectivity index (χ0v) is 39.7. The van der Waals surface area contributed by atoms with E-state index in [0.29, 0.717) is 17.0 Å². The van der Waals surface area contributed by atoms with E-state index in [-0.39, 0.29) is 91.8 Å². The summed E-state index contributed by atoms with van der Waals surface area (Å²) in [4.78, 5) is 112. The van der Waals surface area contributed by atoms with E-state index in [1.807, 2.05) is 34.7 Å². The number of aromatic nitrogens is 1. The number of carboxylic acids is 1. The number of esters is 1. The molecule has 0 radical (unpaired) electrons. The van der Waals surface area contributed by atoms with Crippen LogP contribution in [0.3, 0.4) is 0 Å². The van der Waals surface area contributed by atoms with Crippen molar-refractivity contribution in [2.45, 2.75) is 130 Å². The van der Waals surface area contributed by atoms with Gasteiger partial charge in [-0.1, -0.05) is 53.5 Å². The number of aliphatic carboxylic acids is 1. The molecule has 3 heterocycles. The van der Waals surface area contributed by atoms with E-state index < -0.39 is 65.6 Å². The van der Waals surface area contributed by atoms with Gasteiger partial charge in [-0.05, 0) is 75.2 Å². The number of nitrogens with one attached hydrogen (secondary N) is 2. The number of hydrogen-bond donors (Lipinski definition) is 4. The number of carbonyl (C=O) groups excluding carboxylic acids is 7. The highest BCUT2D eigenvalue weighted by atomic mass is 32.1. The fraction of sp³-hybridized carbons (Fsp3) is 0.596. The number of likely N-dealkylation sites (tertiary alicyclic amines) is 1. The highest BCUT2D eigenvalue weighted by Gasteiger charge is 2.38. The molecule has 1 fully saturated rings. The van der Waals surface area contributed by atoms with Crippen molar-refractivity contribution in [1.29, 1.82) is 0 Å². The molecule has 0 bridgehead atoms. The Bertz CT molecular complexity index is 2070. The second-order valence-corrected chi connectivity index (χ2v) is 18.7. The number of carbonyl (C=O) groups is 8. The highest BCUT2D eigenvalue weighted by Crippen LogP contribution is 2.33. The predicted octanol–water partition coefficient (Wildman–Crippen LogP) is 5.53. The Morgan fingerprint density at radius 3 is 2.34 bits per heavy atom. The van der Waals surface area contributed by atoms with E-state index in [0.717, 1.165) is 54.2 Å². The number of amides is 5. The molecule has 2 aliphatic heterocycles. The molecule has 0 spiro atoms. The normalized spacial score (nSPS) is 18.1. The van der Waals surface area contributed by atoms with Gasteiger partial charge in [-0.2, -0.15) is 0 Å². The number of phenolic OH excluding ortho intramolecular Hbond substituents is 1. The SMILES string of the molecule is CC[C@H](C)[C@@H](CC(=O)[C@H]1CCCCN1C)C(=O)N(C)[C@H](C[C@@H](OC(C)=O)c1nc(C(=O)N[C@@H](Cc2ccc(O)c(NC(=O)CCCN3C(=O)C=CC3=O)c2)CC(C)C(=O)O)cs1)C(C)C. The molecule has 4 rings (SSSR count). The minimum Gasteiger partial charge on any atom is -0.506 e. The predicted molar refractivity (Wildman–Crippen MR) is 244 cm³/mol. The lowest BCUT2D eigenvalue weighted by atomic mass is 9.83. The van der Waals surface area contributed by atoms with E-state index in [1.54, 1.807) is 18.0 Å². The van der Waals surface area contributed by atoms with Crippen molar-refractivity contribution in [3.8, 4) is 5.75 Å². The largest absolute Gasteiger partial charge is 0.506 e. The van der Waals surface area contributed by atoms with Gasteiger partial charge >= 0.3 is 11.9 Å². The van der Waals surface area contributed by atoms with Crippen molar-refractivity contribution in [1.82, 2.24) is 25.0 Å². The average molecular weight is 923 g/mol. The Hall–Kier alpha value is -5.49. The molecule has 2 aromatic rings. The lowest BCUT2D eigenvalue weighted by Gasteiger charge is -2.37. The summed E-state index contributed by atoms with van der Waals surface area (Å²) in [5, 5.41) is 27.7. The van der Waals surface area contributed by atoms with Gasteiger partial charge in [0, 0.05) is 75.3 Å². The first kappa shape index (κ1) is 52.1. The molecule has 5 amide bonds. The molecule has 17 nitrogen and oxygen atoms in total. The van der Waals surface area contributed by atoms with Crippen LogP contribution in [0.15, 0.2) is 35.7 Å². The number of likely N-dealkylation sites (N-methyl/N-ethyl adjacent to an activating group) is 1. The number of carboxylic acid groups (broad SMARTS) is 1. The van der Waals surface area contributed by atoms with Gasteiger partial charge in [0.25, 0.3) is 17.7 Å². The second-order valence-electron chi connectivity index (χ2n) is 17.8. The van der Waals surface area contributed by atoms with E-state index in [1.165, 1.54) is 31.4 Å². The van der Waals surface area contributed by atoms with Crippen LogP contribution >= 0.6 is 11.3 Å². The number of ketones is 1. The summed E-state index contributed by atoms with van der Waals surface area (Å²) in [6.07, 6.45) is 5.51. The zero-order chi connectivity index (χ0) is 48.1. The molecule has 4 N–H and O–H groups in total. The first-order chi connectivity index (χ1) is 30.7. The average Bonchev–Trinajstić information content (AvgIpc) is 3.87. The number of piperidine rings is 1. The number of aromatic hydroxyl groups is 1. The summed E-state index contributed by atoms with van der Waals surface area (Å²) in [7, 11) is 3.68. The standard InChI is InChI=1S/C47H66N6O11S/c1-9-28(4)33(24-39(56)36-13-10-11-19-51(36)7)46(61)52(8)37(27(2)3)25-40(64-30(6)54)45-50-35(26-65-45)44(60)48-32(21-29(5)47(62)63)22-31-15-16-38(55)34(23-31)49-41(57)14-12-20-53-42(58)17-18-43(53)59/h15-18,23,26-29,32-33,36-37,40,55H,9-14,19-22,24-25H2,1-8H3,(H,48,60)(H,49,57)(H,62,63)/t28-,29?,32+,33+,36+,37+,40+/m0/s1. The topological polar surface area (TPSA) is 233 Å². The molecule has 356 valence electrons. The number of rotatable bonds is 24. The van der Waals surface area contributed by atoms with Gasteiger partial charge in [-0.25, -0.2) is 4.98 Å². The Morgan fingerprint density at radius 2 is 1.72 bits per heavy atom. The third-order valence-electron chi connectivity index (χ3n) is 12.5. The summed E-state index contributed by atoms with van der Waals surface area (Å²) < 4.78 is 5.80. The monoisotopic (exact) mass is 922 g/mol. The van der Waals surface area contributed by atoms with E-state index in [2.05, 4.69) is 20.5 Å². The maximum atomic E-state index is 14.4. The Morgan fingerprint density at radius 1 is 1.03 bits per heavy atom. The van der Waals surface area contributed by atoms with Crippen molar-refractivity contribution < 1.29 is 53.3 Å². The van der Waals surface area contributed by atoms with Crippen LogP contribution in [0.4, 0.5) is 5.69 Å². The quantitative estimate of drug-likeness (QED) is 0.0577. The number of ether oxygens (including phenoxy) is 1. The molecule has 0 saturated carbocycles. The van der Waals surface area contributed by atoms with Gasteiger partial charge in [-0.3, -0.25) is 48.2 Å². The van der Waals surface area contributed by atoms with E-state index >= 15 is 0 Å². The summed E-state index contributed by atoms with van der Waals surface area (Å²) in [5.74, 6) is -5.47. The Kier molecular flexibility index (Phi) is 19.4. The summed E-state index contributed by atoms with van der Waals surface area (Å²) >= 11 is 1.11. The summed E-state index contributed by atoms with van der Waals surface area (Å²) in [6.45, 7) is 11.6. The van der Waals surface area contributed by atoms with Crippen molar-refractivity contribution >= 4 is 64.3 Å². The Balaban J connectivity index is 1.48. The smallest absolute Gasteiger partial charge is 0.306 e. The van der Waals surface area contributed by atoms with Crippen LogP contribution < -0.4 is 10.6 Å². The van der Waals surface area contributed by atoms with Crippen LogP contribution in [-0.4, -0.2) is 122 Å². The number of Topliss-reactive ketones (excluding diaryl/α,β-unsaturated/α-hetero) is 1. The molecule has 0 aliphatic carbocycles. The number of anilines is 1. The van der Waals surface area contributed by atoms with Crippen molar-refractivity contribution in [3.05, 3.63) is 52.0 Å². The molecule has 2 aliphatic rings. The molecular formula is C47H66N6O11S. The maximum absolute atomic E-state index is 14.4. The molecule has 1 aromatic heterocycles. The van der Waals surface area contributed by atoms with Gasteiger partial charge in [0.05, 0.1) is 17.6 Å². The third-order valence-corrected chi connectivity index (χ3v) is 13.5. The number of imide groups is 1. The minimum absolute atomic E-state index is 0.00968. The molecular weight excluding hydrogens is 857 g/mol. The van der Waals surface area contributed by atoms with Crippen LogP contribution in [0.5, 0.6) is 5.75 Å².